The summed E-state index contributed by atoms with van der Waals surface area (Å²) < 4.78 is 10.5. The Kier molecular flexibility index (Phi) is 6.79. The Morgan fingerprint density at radius 3 is 2.52 bits per heavy atom. The predicted octanol–water partition coefficient (Wildman–Crippen LogP) is 1.05. The van der Waals surface area contributed by atoms with E-state index in [0.717, 1.165) is 58.2 Å². The maximum absolute atomic E-state index is 5.45. The van der Waals surface area contributed by atoms with Crippen LogP contribution in [0.5, 0.6) is 5.75 Å². The topological polar surface area (TPSA) is 37.0 Å². The summed E-state index contributed by atoms with van der Waals surface area (Å²) in [5.74, 6) is 0.965. The van der Waals surface area contributed by atoms with Crippen molar-refractivity contribution in [1.82, 2.24) is 10.2 Å². The lowest BCUT2D eigenvalue weighted by Gasteiger charge is -2.36. The van der Waals surface area contributed by atoms with E-state index < -0.39 is 0 Å². The van der Waals surface area contributed by atoms with Crippen molar-refractivity contribution in [2.75, 3.05) is 71.5 Å². The van der Waals surface area contributed by atoms with Crippen molar-refractivity contribution < 1.29 is 9.47 Å². The maximum Gasteiger partial charge on any atom is 0.142 e. The van der Waals surface area contributed by atoms with Crippen LogP contribution in [-0.4, -0.2) is 71.5 Å². The van der Waals surface area contributed by atoms with Gasteiger partial charge in [-0.2, -0.15) is 0 Å². The molecule has 0 aliphatic carbocycles. The molecule has 118 valence electrons. The smallest absolute Gasteiger partial charge is 0.142 e. The minimum absolute atomic E-state index is 0.779. The number of methoxy groups -OCH3 is 2. The number of nitrogens with zero attached hydrogens (tertiary/aromatic N) is 2. The Morgan fingerprint density at radius 2 is 1.81 bits per heavy atom. The largest absolute Gasteiger partial charge is 0.495 e. The SMILES string of the molecule is COCCNCCN1CCN(c2ccccc2OC)CC1. The summed E-state index contributed by atoms with van der Waals surface area (Å²) in [6.45, 7) is 8.14. The normalized spacial score (nSPS) is 16.2. The number of anilines is 1. The molecule has 1 aliphatic heterocycles. The minimum Gasteiger partial charge on any atom is -0.495 e. The van der Waals surface area contributed by atoms with Gasteiger partial charge in [0.1, 0.15) is 5.75 Å². The lowest BCUT2D eigenvalue weighted by atomic mass is 10.2. The number of benzene rings is 1. The molecule has 1 aromatic carbocycles. The summed E-state index contributed by atoms with van der Waals surface area (Å²) in [6.07, 6.45) is 0. The van der Waals surface area contributed by atoms with Crippen LogP contribution < -0.4 is 15.0 Å². The third-order valence-electron chi connectivity index (χ3n) is 3.89. The molecule has 1 heterocycles. The first-order chi connectivity index (χ1) is 10.3. The van der Waals surface area contributed by atoms with E-state index in [-0.39, 0.29) is 0 Å². The van der Waals surface area contributed by atoms with Crippen LogP contribution in [0.15, 0.2) is 24.3 Å². The Labute approximate surface area is 127 Å². The molecule has 0 amide bonds. The van der Waals surface area contributed by atoms with Crippen LogP contribution in [-0.2, 0) is 4.74 Å². The third kappa shape index (κ3) is 4.88. The van der Waals surface area contributed by atoms with Crippen LogP contribution in [0.25, 0.3) is 0 Å². The van der Waals surface area contributed by atoms with Gasteiger partial charge >= 0.3 is 0 Å². The van der Waals surface area contributed by atoms with Gasteiger partial charge in [-0.1, -0.05) is 12.1 Å². The second kappa shape index (κ2) is 8.87. The van der Waals surface area contributed by atoms with E-state index in [1.807, 2.05) is 12.1 Å². The number of piperazine rings is 1. The fourth-order valence-electron chi connectivity index (χ4n) is 2.64. The van der Waals surface area contributed by atoms with Gasteiger partial charge in [-0.15, -0.1) is 0 Å². The fourth-order valence-corrected chi connectivity index (χ4v) is 2.64. The number of para-hydroxylation sites is 2. The van der Waals surface area contributed by atoms with Gasteiger partial charge in [0.15, 0.2) is 0 Å². The molecule has 0 saturated carbocycles. The molecule has 0 aromatic heterocycles. The Hall–Kier alpha value is -1.30. The van der Waals surface area contributed by atoms with E-state index in [1.165, 1.54) is 5.69 Å². The lowest BCUT2D eigenvalue weighted by Crippen LogP contribution is -2.48. The zero-order chi connectivity index (χ0) is 14.9. The Bertz CT molecular complexity index is 406. The van der Waals surface area contributed by atoms with Gasteiger partial charge < -0.3 is 19.7 Å². The van der Waals surface area contributed by atoms with E-state index >= 15 is 0 Å². The molecular weight excluding hydrogens is 266 g/mol. The van der Waals surface area contributed by atoms with Crippen LogP contribution in [0.4, 0.5) is 5.69 Å². The summed E-state index contributed by atoms with van der Waals surface area (Å²) in [5.41, 5.74) is 1.21. The first-order valence-electron chi connectivity index (χ1n) is 7.65. The van der Waals surface area contributed by atoms with E-state index in [0.29, 0.717) is 0 Å². The molecule has 1 aromatic rings. The molecular formula is C16H27N3O2. The molecule has 5 heteroatoms. The molecule has 0 atom stereocenters. The second-order valence-electron chi connectivity index (χ2n) is 5.24. The van der Waals surface area contributed by atoms with Crippen LogP contribution >= 0.6 is 0 Å². The molecule has 0 bridgehead atoms. The average molecular weight is 293 g/mol. The number of hydrogen-bond acceptors (Lipinski definition) is 5. The van der Waals surface area contributed by atoms with Crippen LogP contribution in [0.2, 0.25) is 0 Å². The number of ether oxygens (including phenoxy) is 2. The number of nitrogens with one attached hydrogen (secondary N) is 1. The zero-order valence-corrected chi connectivity index (χ0v) is 13.2. The van der Waals surface area contributed by atoms with E-state index in [4.69, 9.17) is 9.47 Å². The number of hydrogen-bond donors (Lipinski definition) is 1. The summed E-state index contributed by atoms with van der Waals surface area (Å²) >= 11 is 0. The van der Waals surface area contributed by atoms with Gasteiger partial charge in [-0.25, -0.2) is 0 Å². The monoisotopic (exact) mass is 293 g/mol. The third-order valence-corrected chi connectivity index (χ3v) is 3.89. The van der Waals surface area contributed by atoms with Gasteiger partial charge in [0.2, 0.25) is 0 Å². The standard InChI is InChI=1S/C16H27N3O2/c1-20-14-8-17-7-9-18-10-12-19(13-11-18)15-5-3-4-6-16(15)21-2/h3-6,17H,7-14H2,1-2H3. The first kappa shape index (κ1) is 16.1. The fraction of sp³-hybridized carbons (Fsp3) is 0.625. The molecule has 0 radical (unpaired) electrons. The second-order valence-corrected chi connectivity index (χ2v) is 5.24. The average Bonchev–Trinajstić information content (AvgIpc) is 2.55. The molecule has 2 rings (SSSR count). The first-order valence-corrected chi connectivity index (χ1v) is 7.65. The van der Waals surface area contributed by atoms with Crippen molar-refractivity contribution in [3.8, 4) is 5.75 Å². The van der Waals surface area contributed by atoms with Crippen molar-refractivity contribution in [1.29, 1.82) is 0 Å². The predicted molar refractivity (Wildman–Crippen MR) is 86.4 cm³/mol. The molecule has 0 unspecified atom stereocenters. The lowest BCUT2D eigenvalue weighted by molar-refractivity contribution is 0.195. The van der Waals surface area contributed by atoms with Crippen molar-refractivity contribution in [2.45, 2.75) is 0 Å². The highest BCUT2D eigenvalue weighted by Gasteiger charge is 2.18. The van der Waals surface area contributed by atoms with Gasteiger partial charge in [0, 0.05) is 52.9 Å². The van der Waals surface area contributed by atoms with Crippen LogP contribution in [0.1, 0.15) is 0 Å². The zero-order valence-electron chi connectivity index (χ0n) is 13.2. The van der Waals surface area contributed by atoms with Gasteiger partial charge in [0.05, 0.1) is 19.4 Å². The van der Waals surface area contributed by atoms with Gasteiger partial charge in [-0.3, -0.25) is 4.90 Å². The van der Waals surface area contributed by atoms with Gasteiger partial charge in [-0.05, 0) is 12.1 Å². The number of rotatable bonds is 8. The van der Waals surface area contributed by atoms with Crippen molar-refractivity contribution in [3.63, 3.8) is 0 Å². The van der Waals surface area contributed by atoms with Crippen molar-refractivity contribution >= 4 is 5.69 Å². The van der Waals surface area contributed by atoms with Gasteiger partial charge in [0.25, 0.3) is 0 Å². The Morgan fingerprint density at radius 1 is 1.05 bits per heavy atom. The van der Waals surface area contributed by atoms with E-state index in [2.05, 4.69) is 27.2 Å². The maximum atomic E-state index is 5.45. The van der Waals surface area contributed by atoms with E-state index in [1.54, 1.807) is 14.2 Å². The van der Waals surface area contributed by atoms with Crippen molar-refractivity contribution in [2.24, 2.45) is 0 Å². The van der Waals surface area contributed by atoms with Crippen LogP contribution in [0.3, 0.4) is 0 Å². The molecule has 1 aliphatic rings. The molecule has 21 heavy (non-hydrogen) atoms. The summed E-state index contributed by atoms with van der Waals surface area (Å²) in [5, 5.41) is 3.39. The highest BCUT2D eigenvalue weighted by Crippen LogP contribution is 2.28. The molecule has 5 nitrogen and oxygen atoms in total. The molecule has 1 N–H and O–H groups in total. The summed E-state index contributed by atoms with van der Waals surface area (Å²) in [4.78, 5) is 4.92. The van der Waals surface area contributed by atoms with Crippen LogP contribution in [0, 0.1) is 0 Å². The highest BCUT2D eigenvalue weighted by molar-refractivity contribution is 5.58. The Balaban J connectivity index is 1.73. The van der Waals surface area contributed by atoms with Crippen molar-refractivity contribution in [3.05, 3.63) is 24.3 Å². The highest BCUT2D eigenvalue weighted by atomic mass is 16.5. The molecule has 0 spiro atoms. The molecule has 1 saturated heterocycles. The minimum atomic E-state index is 0.779. The molecule has 1 fully saturated rings. The van der Waals surface area contributed by atoms with E-state index in [9.17, 15) is 0 Å². The summed E-state index contributed by atoms with van der Waals surface area (Å²) in [6, 6.07) is 8.26. The summed E-state index contributed by atoms with van der Waals surface area (Å²) in [7, 11) is 3.47. The quantitative estimate of drug-likeness (QED) is 0.725.